The molecule has 0 bridgehead atoms. The monoisotopic (exact) mass is 423 g/mol. The highest BCUT2D eigenvalue weighted by Gasteiger charge is 2.54. The zero-order valence-electron chi connectivity index (χ0n) is 16.6. The van der Waals surface area contributed by atoms with Crippen LogP contribution in [0, 0.1) is 23.5 Å². The van der Waals surface area contributed by atoms with Gasteiger partial charge in [0.25, 0.3) is 0 Å². The van der Waals surface area contributed by atoms with Crippen molar-refractivity contribution in [3.05, 3.63) is 42.2 Å². The van der Waals surface area contributed by atoms with Gasteiger partial charge in [0.15, 0.2) is 5.75 Å². The first-order chi connectivity index (χ1) is 15.0. The van der Waals surface area contributed by atoms with E-state index in [0.29, 0.717) is 39.8 Å². The van der Waals surface area contributed by atoms with Crippen molar-refractivity contribution in [2.75, 3.05) is 30.4 Å². The van der Waals surface area contributed by atoms with Gasteiger partial charge in [-0.2, -0.15) is 9.97 Å². The van der Waals surface area contributed by atoms with E-state index in [1.54, 1.807) is 7.05 Å². The smallest absolute Gasteiger partial charge is 0.326 e. The molecule has 0 amide bonds. The highest BCUT2D eigenvalue weighted by atomic mass is 19.1. The number of hydrogen-bond acceptors (Lipinski definition) is 7. The lowest BCUT2D eigenvalue weighted by Gasteiger charge is -2.21. The minimum Gasteiger partial charge on any atom is -0.422 e. The average Bonchev–Trinajstić information content (AvgIpc) is 3.10. The van der Waals surface area contributed by atoms with Gasteiger partial charge in [-0.15, -0.1) is 0 Å². The number of piperidine rings is 1. The number of H-pyrrole nitrogens is 1. The summed E-state index contributed by atoms with van der Waals surface area (Å²) in [5.74, 6) is 0.805. The van der Waals surface area contributed by atoms with E-state index in [-0.39, 0.29) is 23.6 Å². The number of ether oxygens (including phenoxy) is 1. The lowest BCUT2D eigenvalue weighted by atomic mass is 10.1. The quantitative estimate of drug-likeness (QED) is 0.463. The van der Waals surface area contributed by atoms with E-state index in [4.69, 9.17) is 10.5 Å². The summed E-state index contributed by atoms with van der Waals surface area (Å²) >= 11 is 0. The molecule has 2 aliphatic rings. The van der Waals surface area contributed by atoms with Crippen LogP contribution in [0.25, 0.3) is 21.9 Å². The van der Waals surface area contributed by atoms with Crippen LogP contribution < -0.4 is 20.7 Å². The average molecular weight is 423 g/mol. The number of rotatable bonds is 4. The first-order valence-electron chi connectivity index (χ1n) is 10.0. The van der Waals surface area contributed by atoms with Gasteiger partial charge in [0, 0.05) is 37.6 Å². The maximum atomic E-state index is 14.3. The number of benzene rings is 1. The summed E-state index contributed by atoms with van der Waals surface area (Å²) in [6.07, 6.45) is 2.48. The summed E-state index contributed by atoms with van der Waals surface area (Å²) in [6.45, 7) is 1.53. The first kappa shape index (κ1) is 18.3. The Morgan fingerprint density at radius 3 is 2.68 bits per heavy atom. The molecule has 2 unspecified atom stereocenters. The molecule has 4 heterocycles. The second-order valence-electron chi connectivity index (χ2n) is 8.06. The number of aromatic nitrogens is 4. The topological polar surface area (TPSA) is 105 Å². The Balaban J connectivity index is 1.54. The third-order valence-electron chi connectivity index (χ3n) is 6.20. The second-order valence-corrected chi connectivity index (χ2v) is 8.06. The van der Waals surface area contributed by atoms with E-state index in [1.165, 1.54) is 24.4 Å². The summed E-state index contributed by atoms with van der Waals surface area (Å²) in [6, 6.07) is 4.38. The third-order valence-corrected chi connectivity index (χ3v) is 6.20. The molecular weight excluding hydrogens is 404 g/mol. The van der Waals surface area contributed by atoms with Gasteiger partial charge in [-0.3, -0.25) is 4.98 Å². The van der Waals surface area contributed by atoms with Crippen molar-refractivity contribution in [3.8, 4) is 11.8 Å². The van der Waals surface area contributed by atoms with Crippen LogP contribution in [-0.2, 0) is 0 Å². The third kappa shape index (κ3) is 2.86. The fourth-order valence-electron chi connectivity index (χ4n) is 4.60. The molecule has 2 atom stereocenters. The Morgan fingerprint density at radius 2 is 1.94 bits per heavy atom. The molecule has 0 spiro atoms. The van der Waals surface area contributed by atoms with E-state index in [9.17, 15) is 8.78 Å². The molecule has 158 valence electrons. The fourth-order valence-corrected chi connectivity index (χ4v) is 4.60. The van der Waals surface area contributed by atoms with E-state index >= 15 is 0 Å². The van der Waals surface area contributed by atoms with Crippen LogP contribution in [0.4, 0.5) is 20.3 Å². The number of nitrogens with two attached hydrogens (primary N) is 1. The van der Waals surface area contributed by atoms with Gasteiger partial charge in [-0.05, 0) is 24.0 Å². The molecule has 4 N–H and O–H groups in total. The van der Waals surface area contributed by atoms with Gasteiger partial charge in [0.2, 0.25) is 0 Å². The SMILES string of the molecule is CNc1cc(F)cc2c1[nH]c1nc(Oc3cncc(F)c3)nc(N3CC4C(N)C4C3)c12. The van der Waals surface area contributed by atoms with E-state index in [0.717, 1.165) is 24.8 Å². The molecule has 1 aromatic carbocycles. The summed E-state index contributed by atoms with van der Waals surface area (Å²) < 4.78 is 33.6. The number of hydrogen-bond donors (Lipinski definition) is 3. The van der Waals surface area contributed by atoms with E-state index in [1.807, 2.05) is 0 Å². The maximum absolute atomic E-state index is 14.3. The molecule has 3 aromatic heterocycles. The van der Waals surface area contributed by atoms with Crippen molar-refractivity contribution in [1.29, 1.82) is 0 Å². The van der Waals surface area contributed by atoms with Crippen molar-refractivity contribution >= 4 is 33.4 Å². The van der Waals surface area contributed by atoms with Crippen LogP contribution in [0.15, 0.2) is 30.6 Å². The van der Waals surface area contributed by atoms with Crippen LogP contribution in [-0.4, -0.2) is 46.1 Å². The number of nitrogens with zero attached hydrogens (tertiary/aromatic N) is 4. The van der Waals surface area contributed by atoms with Crippen molar-refractivity contribution < 1.29 is 13.5 Å². The zero-order chi connectivity index (χ0) is 21.3. The number of aromatic amines is 1. The van der Waals surface area contributed by atoms with Crippen molar-refractivity contribution in [1.82, 2.24) is 19.9 Å². The molecule has 1 aliphatic carbocycles. The summed E-state index contributed by atoms with van der Waals surface area (Å²) in [7, 11) is 1.73. The number of nitrogens with one attached hydrogen (secondary N) is 2. The van der Waals surface area contributed by atoms with Crippen LogP contribution >= 0.6 is 0 Å². The lowest BCUT2D eigenvalue weighted by molar-refractivity contribution is 0.437. The molecular formula is C21H19F2N7O. The highest BCUT2D eigenvalue weighted by molar-refractivity contribution is 6.14. The summed E-state index contributed by atoms with van der Waals surface area (Å²) in [5, 5.41) is 4.40. The maximum Gasteiger partial charge on any atom is 0.326 e. The number of fused-ring (bicyclic) bond motifs is 4. The standard InChI is InChI=1S/C21H19F2N7O/c1-25-15-4-9(22)3-12-16-19(27-18(12)15)28-21(31-11-2-10(23)5-26-6-11)29-20(16)30-7-13-14(8-30)17(13)24/h2-6,13-14,17,25H,7-8,24H2,1H3,(H,27,28,29). The Kier molecular flexibility index (Phi) is 3.82. The highest BCUT2D eigenvalue weighted by Crippen LogP contribution is 2.47. The van der Waals surface area contributed by atoms with Crippen molar-refractivity contribution in [2.24, 2.45) is 17.6 Å². The first-order valence-corrected chi connectivity index (χ1v) is 10.0. The molecule has 2 fully saturated rings. The predicted molar refractivity (Wildman–Crippen MR) is 112 cm³/mol. The number of halogens is 2. The van der Waals surface area contributed by atoms with Crippen LogP contribution in [0.2, 0.25) is 0 Å². The molecule has 10 heteroatoms. The molecule has 31 heavy (non-hydrogen) atoms. The molecule has 4 aromatic rings. The van der Waals surface area contributed by atoms with E-state index in [2.05, 4.69) is 30.2 Å². The predicted octanol–water partition coefficient (Wildman–Crippen LogP) is 3.01. The Bertz CT molecular complexity index is 1330. The molecule has 1 saturated heterocycles. The fraction of sp³-hybridized carbons (Fsp3) is 0.286. The molecule has 8 nitrogen and oxygen atoms in total. The Morgan fingerprint density at radius 1 is 1.13 bits per heavy atom. The van der Waals surface area contributed by atoms with Gasteiger partial charge in [0.05, 0.1) is 29.0 Å². The van der Waals surface area contributed by atoms with Crippen molar-refractivity contribution in [2.45, 2.75) is 6.04 Å². The zero-order valence-corrected chi connectivity index (χ0v) is 16.6. The lowest BCUT2D eigenvalue weighted by Crippen LogP contribution is -2.29. The molecule has 1 saturated carbocycles. The summed E-state index contributed by atoms with van der Waals surface area (Å²) in [4.78, 5) is 18.3. The van der Waals surface area contributed by atoms with Crippen LogP contribution in [0.5, 0.6) is 11.8 Å². The molecule has 6 rings (SSSR count). The van der Waals surface area contributed by atoms with E-state index < -0.39 is 5.82 Å². The Hall–Kier alpha value is -3.53. The minimum absolute atomic E-state index is 0.0535. The van der Waals surface area contributed by atoms with Crippen LogP contribution in [0.3, 0.4) is 0 Å². The van der Waals surface area contributed by atoms with Gasteiger partial charge < -0.3 is 25.7 Å². The minimum atomic E-state index is -0.521. The largest absolute Gasteiger partial charge is 0.422 e. The Labute approximate surface area is 175 Å². The van der Waals surface area contributed by atoms with Gasteiger partial charge in [0.1, 0.15) is 23.1 Å². The van der Waals surface area contributed by atoms with Gasteiger partial charge in [-0.1, -0.05) is 0 Å². The number of pyridine rings is 1. The van der Waals surface area contributed by atoms with Crippen LogP contribution in [0.1, 0.15) is 0 Å². The summed E-state index contributed by atoms with van der Waals surface area (Å²) in [5.41, 5.74) is 7.95. The molecule has 1 aliphatic heterocycles. The van der Waals surface area contributed by atoms with Gasteiger partial charge >= 0.3 is 6.01 Å². The number of anilines is 2. The normalized spacial score (nSPS) is 22.2. The second kappa shape index (κ2) is 6.48. The molecule has 0 radical (unpaired) electrons. The van der Waals surface area contributed by atoms with Gasteiger partial charge in [-0.25, -0.2) is 8.78 Å². The van der Waals surface area contributed by atoms with Crippen molar-refractivity contribution in [3.63, 3.8) is 0 Å².